The van der Waals surface area contributed by atoms with E-state index in [1.165, 1.54) is 0 Å². The zero-order chi connectivity index (χ0) is 22.1. The first-order chi connectivity index (χ1) is 14.9. The quantitative estimate of drug-likeness (QED) is 0.478. The topological polar surface area (TPSA) is 75.9 Å². The SMILES string of the molecule is CCCCOC(=O)c1ncn2c1cc(C(=O)N1CC(C)NC(C)C1)c1cc(Cl)ccc12. The minimum atomic E-state index is -0.480. The molecule has 3 heterocycles. The van der Waals surface area contributed by atoms with E-state index in [1.807, 2.05) is 22.3 Å². The highest BCUT2D eigenvalue weighted by molar-refractivity contribution is 6.31. The van der Waals surface area contributed by atoms with E-state index in [9.17, 15) is 9.59 Å². The summed E-state index contributed by atoms with van der Waals surface area (Å²) in [4.78, 5) is 32.4. The highest BCUT2D eigenvalue weighted by Gasteiger charge is 2.28. The number of amides is 1. The number of carbonyl (C=O) groups excluding carboxylic acids is 2. The van der Waals surface area contributed by atoms with Gasteiger partial charge >= 0.3 is 5.97 Å². The summed E-state index contributed by atoms with van der Waals surface area (Å²) in [6.45, 7) is 7.74. The Morgan fingerprint density at radius 2 is 1.94 bits per heavy atom. The third-order valence-corrected chi connectivity index (χ3v) is 5.83. The molecule has 164 valence electrons. The van der Waals surface area contributed by atoms with Crippen molar-refractivity contribution in [3.05, 3.63) is 46.9 Å². The normalized spacial score (nSPS) is 19.2. The van der Waals surface area contributed by atoms with Gasteiger partial charge in [-0.15, -0.1) is 0 Å². The van der Waals surface area contributed by atoms with E-state index in [0.717, 1.165) is 23.7 Å². The van der Waals surface area contributed by atoms with Crippen LogP contribution in [0, 0.1) is 0 Å². The molecule has 0 saturated carbocycles. The Labute approximate surface area is 186 Å². The third kappa shape index (κ3) is 4.25. The van der Waals surface area contributed by atoms with Gasteiger partial charge in [0.25, 0.3) is 5.91 Å². The Morgan fingerprint density at radius 1 is 1.19 bits per heavy atom. The maximum Gasteiger partial charge on any atom is 0.359 e. The van der Waals surface area contributed by atoms with Crippen molar-refractivity contribution in [3.8, 4) is 0 Å². The zero-order valence-corrected chi connectivity index (χ0v) is 18.8. The molecule has 0 radical (unpaired) electrons. The number of pyridine rings is 1. The number of hydrogen-bond acceptors (Lipinski definition) is 5. The third-order valence-electron chi connectivity index (χ3n) is 5.59. The molecule has 1 saturated heterocycles. The number of fused-ring (bicyclic) bond motifs is 3. The summed E-state index contributed by atoms with van der Waals surface area (Å²) >= 11 is 6.27. The number of hydrogen-bond donors (Lipinski definition) is 1. The molecule has 1 aromatic carbocycles. The molecular formula is C23H27ClN4O3. The van der Waals surface area contributed by atoms with Gasteiger partial charge in [-0.2, -0.15) is 0 Å². The number of rotatable bonds is 5. The zero-order valence-electron chi connectivity index (χ0n) is 18.0. The van der Waals surface area contributed by atoms with Crippen LogP contribution in [0.1, 0.15) is 54.5 Å². The van der Waals surface area contributed by atoms with Gasteiger partial charge in [0, 0.05) is 35.6 Å². The van der Waals surface area contributed by atoms with E-state index in [1.54, 1.807) is 24.5 Å². The lowest BCUT2D eigenvalue weighted by Gasteiger charge is -2.36. The highest BCUT2D eigenvalue weighted by Crippen LogP contribution is 2.28. The van der Waals surface area contributed by atoms with Crippen LogP contribution < -0.4 is 5.32 Å². The second-order valence-electron chi connectivity index (χ2n) is 8.24. The minimum absolute atomic E-state index is 0.0820. The number of esters is 1. The number of unbranched alkanes of at least 4 members (excludes halogenated alkanes) is 1. The molecule has 0 spiro atoms. The number of aromatic nitrogens is 2. The number of nitrogens with one attached hydrogen (secondary N) is 1. The van der Waals surface area contributed by atoms with E-state index in [4.69, 9.17) is 16.3 Å². The first-order valence-corrected chi connectivity index (χ1v) is 11.1. The summed E-state index contributed by atoms with van der Waals surface area (Å²) in [5.41, 5.74) is 2.04. The Kier molecular flexibility index (Phi) is 6.16. The lowest BCUT2D eigenvalue weighted by molar-refractivity contribution is 0.0495. The second kappa shape index (κ2) is 8.85. The summed E-state index contributed by atoms with van der Waals surface area (Å²) in [6.07, 6.45) is 3.32. The van der Waals surface area contributed by atoms with Crippen LogP contribution in [0.3, 0.4) is 0 Å². The predicted octanol–water partition coefficient (Wildman–Crippen LogP) is 3.92. The van der Waals surface area contributed by atoms with Crippen molar-refractivity contribution >= 4 is 39.9 Å². The minimum Gasteiger partial charge on any atom is -0.461 e. The van der Waals surface area contributed by atoms with Crippen LogP contribution >= 0.6 is 11.6 Å². The predicted molar refractivity (Wildman–Crippen MR) is 121 cm³/mol. The maximum atomic E-state index is 13.6. The van der Waals surface area contributed by atoms with Crippen LogP contribution in [-0.4, -0.2) is 57.9 Å². The summed E-state index contributed by atoms with van der Waals surface area (Å²) in [6, 6.07) is 7.54. The van der Waals surface area contributed by atoms with E-state index < -0.39 is 5.97 Å². The first kappa shape index (κ1) is 21.6. The fraction of sp³-hybridized carbons (Fsp3) is 0.435. The summed E-state index contributed by atoms with van der Waals surface area (Å²) in [5, 5.41) is 4.72. The first-order valence-electron chi connectivity index (χ1n) is 10.7. The van der Waals surface area contributed by atoms with Gasteiger partial charge in [0.1, 0.15) is 6.33 Å². The molecule has 0 aliphatic carbocycles. The van der Waals surface area contributed by atoms with Gasteiger partial charge in [-0.25, -0.2) is 9.78 Å². The van der Waals surface area contributed by atoms with Crippen LogP contribution in [0.25, 0.3) is 16.4 Å². The van der Waals surface area contributed by atoms with Crippen LogP contribution in [0.5, 0.6) is 0 Å². The van der Waals surface area contributed by atoms with Gasteiger partial charge in [0.2, 0.25) is 0 Å². The summed E-state index contributed by atoms with van der Waals surface area (Å²) < 4.78 is 7.18. The molecule has 3 aromatic rings. The van der Waals surface area contributed by atoms with Crippen molar-refractivity contribution in [2.75, 3.05) is 19.7 Å². The number of carbonyl (C=O) groups is 2. The van der Waals surface area contributed by atoms with Crippen molar-refractivity contribution in [1.29, 1.82) is 0 Å². The van der Waals surface area contributed by atoms with Gasteiger partial charge < -0.3 is 15.0 Å². The average Bonchev–Trinajstić information content (AvgIpc) is 3.16. The molecular weight excluding hydrogens is 416 g/mol. The maximum absolute atomic E-state index is 13.6. The fourth-order valence-electron chi connectivity index (χ4n) is 4.21. The molecule has 2 atom stereocenters. The number of benzene rings is 1. The van der Waals surface area contributed by atoms with Crippen molar-refractivity contribution in [2.24, 2.45) is 0 Å². The number of ether oxygens (including phenoxy) is 1. The Balaban J connectivity index is 1.82. The molecule has 4 rings (SSSR count). The molecule has 2 aromatic heterocycles. The number of nitrogens with zero attached hydrogens (tertiary/aromatic N) is 3. The molecule has 1 amide bonds. The molecule has 2 unspecified atom stereocenters. The molecule has 0 bridgehead atoms. The monoisotopic (exact) mass is 442 g/mol. The van der Waals surface area contributed by atoms with Crippen molar-refractivity contribution in [1.82, 2.24) is 19.6 Å². The molecule has 1 aliphatic heterocycles. The van der Waals surface area contributed by atoms with E-state index in [0.29, 0.717) is 35.8 Å². The van der Waals surface area contributed by atoms with Crippen LogP contribution in [0.15, 0.2) is 30.6 Å². The van der Waals surface area contributed by atoms with Gasteiger partial charge in [-0.1, -0.05) is 24.9 Å². The van der Waals surface area contributed by atoms with E-state index >= 15 is 0 Å². The smallest absolute Gasteiger partial charge is 0.359 e. The number of piperazine rings is 1. The Morgan fingerprint density at radius 3 is 2.65 bits per heavy atom. The van der Waals surface area contributed by atoms with Crippen molar-refractivity contribution in [3.63, 3.8) is 0 Å². The van der Waals surface area contributed by atoms with Crippen LogP contribution in [-0.2, 0) is 4.74 Å². The summed E-state index contributed by atoms with van der Waals surface area (Å²) in [7, 11) is 0. The molecule has 8 heteroatoms. The number of imidazole rings is 1. The standard InChI is InChI=1S/C23H27ClN4O3/c1-4-5-8-31-23(30)21-20-10-18(22(29)27-11-14(2)26-15(3)12-27)17-9-16(24)6-7-19(17)28(20)13-25-21/h6-7,9-10,13-15,26H,4-5,8,11-12H2,1-3H3. The molecule has 1 N–H and O–H groups in total. The largest absolute Gasteiger partial charge is 0.461 e. The van der Waals surface area contributed by atoms with E-state index in [-0.39, 0.29) is 23.7 Å². The lowest BCUT2D eigenvalue weighted by atomic mass is 10.0. The van der Waals surface area contributed by atoms with Crippen LogP contribution in [0.2, 0.25) is 5.02 Å². The van der Waals surface area contributed by atoms with Gasteiger partial charge in [-0.3, -0.25) is 9.20 Å². The van der Waals surface area contributed by atoms with Gasteiger partial charge in [-0.05, 0) is 44.5 Å². The second-order valence-corrected chi connectivity index (χ2v) is 8.67. The van der Waals surface area contributed by atoms with E-state index in [2.05, 4.69) is 24.1 Å². The van der Waals surface area contributed by atoms with Crippen LogP contribution in [0.4, 0.5) is 0 Å². The number of halogens is 1. The Bertz CT molecular complexity index is 1130. The summed E-state index contributed by atoms with van der Waals surface area (Å²) in [5.74, 6) is -0.562. The highest BCUT2D eigenvalue weighted by atomic mass is 35.5. The average molecular weight is 443 g/mol. The Hall–Kier alpha value is -2.64. The van der Waals surface area contributed by atoms with Gasteiger partial charge in [0.15, 0.2) is 5.69 Å². The van der Waals surface area contributed by atoms with Gasteiger partial charge in [0.05, 0.1) is 23.2 Å². The molecule has 1 fully saturated rings. The molecule has 1 aliphatic rings. The molecule has 31 heavy (non-hydrogen) atoms. The molecule has 7 nitrogen and oxygen atoms in total. The van der Waals surface area contributed by atoms with Crippen molar-refractivity contribution < 1.29 is 14.3 Å². The van der Waals surface area contributed by atoms with Crippen molar-refractivity contribution in [2.45, 2.75) is 45.7 Å². The lowest BCUT2D eigenvalue weighted by Crippen LogP contribution is -2.55. The fourth-order valence-corrected chi connectivity index (χ4v) is 4.38.